The van der Waals surface area contributed by atoms with Gasteiger partial charge in [0.25, 0.3) is 0 Å². The van der Waals surface area contributed by atoms with Crippen LogP contribution in [0.15, 0.2) is 18.2 Å². The van der Waals surface area contributed by atoms with E-state index in [4.69, 9.17) is 15.2 Å². The number of rotatable bonds is 11. The van der Waals surface area contributed by atoms with E-state index in [1.807, 2.05) is 12.1 Å². The molecule has 0 aliphatic heterocycles. The van der Waals surface area contributed by atoms with Gasteiger partial charge in [-0.15, -0.1) is 0 Å². The Morgan fingerprint density at radius 3 is 2.43 bits per heavy atom. The molecule has 0 aromatic heterocycles. The molecular weight excluding hydrogens is 264 g/mol. The van der Waals surface area contributed by atoms with Crippen LogP contribution >= 0.6 is 0 Å². The lowest BCUT2D eigenvalue weighted by Gasteiger charge is -2.19. The van der Waals surface area contributed by atoms with E-state index in [0.29, 0.717) is 13.2 Å². The maximum absolute atomic E-state index is 5.97. The lowest BCUT2D eigenvalue weighted by molar-refractivity contribution is 0.220. The van der Waals surface area contributed by atoms with Crippen LogP contribution in [0, 0.1) is 0 Å². The van der Waals surface area contributed by atoms with Crippen LogP contribution in [0.2, 0.25) is 0 Å². The quantitative estimate of drug-likeness (QED) is 0.681. The van der Waals surface area contributed by atoms with E-state index in [2.05, 4.69) is 31.7 Å². The summed E-state index contributed by atoms with van der Waals surface area (Å²) in [7, 11) is 0. The second kappa shape index (κ2) is 10.5. The predicted molar refractivity (Wildman–Crippen MR) is 88.3 cm³/mol. The van der Waals surface area contributed by atoms with Crippen molar-refractivity contribution in [2.45, 2.75) is 33.6 Å². The fourth-order valence-electron chi connectivity index (χ4n) is 2.17. The van der Waals surface area contributed by atoms with Crippen molar-refractivity contribution in [1.29, 1.82) is 0 Å². The fraction of sp³-hybridized carbons (Fsp3) is 0.647. The van der Waals surface area contributed by atoms with Gasteiger partial charge < -0.3 is 20.1 Å². The van der Waals surface area contributed by atoms with E-state index < -0.39 is 0 Å². The van der Waals surface area contributed by atoms with Crippen LogP contribution in [0.5, 0.6) is 11.5 Å². The summed E-state index contributed by atoms with van der Waals surface area (Å²) in [6.07, 6.45) is 1.83. The van der Waals surface area contributed by atoms with Crippen LogP contribution < -0.4 is 15.2 Å². The molecule has 2 N–H and O–H groups in total. The number of ether oxygens (including phenoxy) is 2. The summed E-state index contributed by atoms with van der Waals surface area (Å²) in [5.74, 6) is 1.77. The molecule has 4 heteroatoms. The minimum absolute atomic E-state index is 0.627. The molecule has 0 fully saturated rings. The minimum Gasteiger partial charge on any atom is -0.493 e. The third kappa shape index (κ3) is 6.36. The first-order valence-corrected chi connectivity index (χ1v) is 8.06. The van der Waals surface area contributed by atoms with Gasteiger partial charge in [-0.3, -0.25) is 0 Å². The lowest BCUT2D eigenvalue weighted by Crippen LogP contribution is -2.28. The molecule has 0 spiro atoms. The molecule has 0 heterocycles. The standard InChI is InChI=1S/C17H30N2O2/c1-4-12-20-16-8-7-15(9-10-18)17(14-16)21-13-11-19(5-2)6-3/h7-8,14H,4-6,9-13,18H2,1-3H3. The van der Waals surface area contributed by atoms with Crippen molar-refractivity contribution in [3.05, 3.63) is 23.8 Å². The smallest absolute Gasteiger partial charge is 0.126 e. The Labute approximate surface area is 129 Å². The van der Waals surface area contributed by atoms with Gasteiger partial charge in [0.2, 0.25) is 0 Å². The van der Waals surface area contributed by atoms with Gasteiger partial charge in [-0.1, -0.05) is 26.8 Å². The Bertz CT molecular complexity index is 392. The van der Waals surface area contributed by atoms with Gasteiger partial charge in [-0.05, 0) is 44.1 Å². The molecule has 21 heavy (non-hydrogen) atoms. The van der Waals surface area contributed by atoms with E-state index in [1.54, 1.807) is 0 Å². The Morgan fingerprint density at radius 2 is 1.81 bits per heavy atom. The first-order valence-electron chi connectivity index (χ1n) is 8.06. The highest BCUT2D eigenvalue weighted by atomic mass is 16.5. The van der Waals surface area contributed by atoms with E-state index in [-0.39, 0.29) is 0 Å². The Balaban J connectivity index is 2.66. The van der Waals surface area contributed by atoms with Gasteiger partial charge >= 0.3 is 0 Å². The first-order chi connectivity index (χ1) is 10.2. The number of likely N-dealkylation sites (N-methyl/N-ethyl adjacent to an activating group) is 1. The maximum atomic E-state index is 5.97. The number of hydrogen-bond donors (Lipinski definition) is 1. The van der Waals surface area contributed by atoms with Crippen LogP contribution in [-0.4, -0.2) is 44.3 Å². The zero-order valence-electron chi connectivity index (χ0n) is 13.7. The number of nitrogens with two attached hydrogens (primary N) is 1. The summed E-state index contributed by atoms with van der Waals surface area (Å²) in [4.78, 5) is 2.35. The van der Waals surface area contributed by atoms with Crippen molar-refractivity contribution in [3.63, 3.8) is 0 Å². The zero-order chi connectivity index (χ0) is 15.5. The van der Waals surface area contributed by atoms with Gasteiger partial charge in [-0.25, -0.2) is 0 Å². The van der Waals surface area contributed by atoms with Crippen molar-refractivity contribution in [2.75, 3.05) is 39.4 Å². The normalized spacial score (nSPS) is 10.9. The van der Waals surface area contributed by atoms with Crippen molar-refractivity contribution in [2.24, 2.45) is 5.73 Å². The highest BCUT2D eigenvalue weighted by Crippen LogP contribution is 2.25. The van der Waals surface area contributed by atoms with Crippen molar-refractivity contribution < 1.29 is 9.47 Å². The number of benzene rings is 1. The molecule has 0 aliphatic rings. The average molecular weight is 294 g/mol. The van der Waals surface area contributed by atoms with E-state index >= 15 is 0 Å². The van der Waals surface area contributed by atoms with Crippen molar-refractivity contribution in [1.82, 2.24) is 4.90 Å². The van der Waals surface area contributed by atoms with Crippen LogP contribution in [0.4, 0.5) is 0 Å². The van der Waals surface area contributed by atoms with Crippen molar-refractivity contribution in [3.8, 4) is 11.5 Å². The molecule has 0 aliphatic carbocycles. The van der Waals surface area contributed by atoms with Gasteiger partial charge in [0, 0.05) is 12.6 Å². The van der Waals surface area contributed by atoms with Gasteiger partial charge in [0.15, 0.2) is 0 Å². The predicted octanol–water partition coefficient (Wildman–Crippen LogP) is 2.70. The SMILES string of the molecule is CCCOc1ccc(CCN)c(OCCN(CC)CC)c1. The maximum Gasteiger partial charge on any atom is 0.126 e. The Morgan fingerprint density at radius 1 is 1.05 bits per heavy atom. The molecule has 120 valence electrons. The van der Waals surface area contributed by atoms with E-state index in [0.717, 1.165) is 56.1 Å². The van der Waals surface area contributed by atoms with Gasteiger partial charge in [0.1, 0.15) is 18.1 Å². The summed E-state index contributed by atoms with van der Waals surface area (Å²) in [6.45, 7) is 11.5. The molecule has 1 aromatic carbocycles. The molecule has 4 nitrogen and oxygen atoms in total. The van der Waals surface area contributed by atoms with E-state index in [1.165, 1.54) is 0 Å². The minimum atomic E-state index is 0.627. The number of nitrogens with zero attached hydrogens (tertiary/aromatic N) is 1. The topological polar surface area (TPSA) is 47.7 Å². The molecule has 0 atom stereocenters. The molecule has 0 unspecified atom stereocenters. The summed E-state index contributed by atoms with van der Waals surface area (Å²) in [5.41, 5.74) is 6.83. The Kier molecular flexibility index (Phi) is 8.87. The summed E-state index contributed by atoms with van der Waals surface area (Å²) >= 11 is 0. The van der Waals surface area contributed by atoms with Gasteiger partial charge in [-0.2, -0.15) is 0 Å². The molecule has 0 radical (unpaired) electrons. The van der Waals surface area contributed by atoms with Crippen LogP contribution in [0.3, 0.4) is 0 Å². The second-order valence-electron chi connectivity index (χ2n) is 5.03. The Hall–Kier alpha value is -1.26. The molecule has 1 rings (SSSR count). The summed E-state index contributed by atoms with van der Waals surface area (Å²) < 4.78 is 11.6. The monoisotopic (exact) mass is 294 g/mol. The highest BCUT2D eigenvalue weighted by Gasteiger charge is 2.07. The zero-order valence-corrected chi connectivity index (χ0v) is 13.7. The average Bonchev–Trinajstić information content (AvgIpc) is 2.51. The molecule has 1 aromatic rings. The third-order valence-electron chi connectivity index (χ3n) is 3.48. The second-order valence-corrected chi connectivity index (χ2v) is 5.03. The largest absolute Gasteiger partial charge is 0.493 e. The molecular formula is C17H30N2O2. The molecule has 0 saturated heterocycles. The van der Waals surface area contributed by atoms with Crippen LogP contribution in [-0.2, 0) is 6.42 Å². The number of hydrogen-bond acceptors (Lipinski definition) is 4. The van der Waals surface area contributed by atoms with E-state index in [9.17, 15) is 0 Å². The van der Waals surface area contributed by atoms with Crippen LogP contribution in [0.25, 0.3) is 0 Å². The van der Waals surface area contributed by atoms with Gasteiger partial charge in [0.05, 0.1) is 6.61 Å². The van der Waals surface area contributed by atoms with Crippen molar-refractivity contribution >= 4 is 0 Å². The summed E-state index contributed by atoms with van der Waals surface area (Å²) in [5, 5.41) is 0. The third-order valence-corrected chi connectivity index (χ3v) is 3.48. The molecule has 0 bridgehead atoms. The summed E-state index contributed by atoms with van der Waals surface area (Å²) in [6, 6.07) is 6.05. The molecule has 0 saturated carbocycles. The fourth-order valence-corrected chi connectivity index (χ4v) is 2.17. The first kappa shape index (κ1) is 17.8. The van der Waals surface area contributed by atoms with Crippen LogP contribution in [0.1, 0.15) is 32.8 Å². The lowest BCUT2D eigenvalue weighted by atomic mass is 10.1. The highest BCUT2D eigenvalue weighted by molar-refractivity contribution is 5.41. The molecule has 0 amide bonds.